The number of unbranched alkanes of at least 4 members (excludes halogenated alkanes) is 1. The molecule has 8 heteroatoms. The van der Waals surface area contributed by atoms with Crippen molar-refractivity contribution < 1.29 is 14.0 Å². The summed E-state index contributed by atoms with van der Waals surface area (Å²) in [6, 6.07) is 20.0. The first-order valence-corrected chi connectivity index (χ1v) is 12.5. The average molecular weight is 518 g/mol. The number of rotatable bonds is 12. The highest BCUT2D eigenvalue weighted by atomic mass is 35.5. The number of halogens is 3. The van der Waals surface area contributed by atoms with Crippen LogP contribution in [0.15, 0.2) is 72.9 Å². The van der Waals surface area contributed by atoms with Gasteiger partial charge in [0.1, 0.15) is 5.82 Å². The molecule has 5 nitrogen and oxygen atoms in total. The first-order valence-electron chi connectivity index (χ1n) is 11.6. The van der Waals surface area contributed by atoms with Gasteiger partial charge in [-0.25, -0.2) is 4.39 Å². The van der Waals surface area contributed by atoms with Crippen LogP contribution in [0.5, 0.6) is 0 Å². The topological polar surface area (TPSA) is 45.6 Å². The van der Waals surface area contributed by atoms with Crippen molar-refractivity contribution in [2.24, 2.45) is 0 Å². The highest BCUT2D eigenvalue weighted by molar-refractivity contribution is 6.53. The number of benzene rings is 2. The Bertz CT molecular complexity index is 1090. The Morgan fingerprint density at radius 1 is 0.914 bits per heavy atom. The van der Waals surface area contributed by atoms with Crippen LogP contribution in [0.3, 0.4) is 0 Å². The molecule has 0 bridgehead atoms. The molecule has 0 saturated heterocycles. The molecule has 0 N–H and O–H groups in total. The Balaban J connectivity index is 1.81. The molecule has 186 valence electrons. The summed E-state index contributed by atoms with van der Waals surface area (Å²) in [7, 11) is 0. The second kappa shape index (κ2) is 13.3. The van der Waals surface area contributed by atoms with E-state index in [2.05, 4.69) is 0 Å². The van der Waals surface area contributed by atoms with Crippen LogP contribution < -0.4 is 0 Å². The molecule has 0 fully saturated rings. The monoisotopic (exact) mass is 517 g/mol. The van der Waals surface area contributed by atoms with Gasteiger partial charge < -0.3 is 14.4 Å². The maximum absolute atomic E-state index is 13.5. The average Bonchev–Trinajstić information content (AvgIpc) is 3.29. The molecule has 0 unspecified atom stereocenters. The van der Waals surface area contributed by atoms with E-state index in [0.29, 0.717) is 26.2 Å². The molecule has 0 aliphatic carbocycles. The van der Waals surface area contributed by atoms with Crippen molar-refractivity contribution in [3.8, 4) is 0 Å². The summed E-state index contributed by atoms with van der Waals surface area (Å²) in [6.07, 6.45) is 3.56. The molecular weight excluding hydrogens is 488 g/mol. The van der Waals surface area contributed by atoms with E-state index in [4.69, 9.17) is 23.2 Å². The van der Waals surface area contributed by atoms with Gasteiger partial charge in [0.05, 0.1) is 13.1 Å². The molecule has 0 aliphatic heterocycles. The highest BCUT2D eigenvalue weighted by Gasteiger charge is 2.25. The fraction of sp³-hybridized carbons (Fsp3) is 0.333. The van der Waals surface area contributed by atoms with Gasteiger partial charge in [-0.1, -0.05) is 79.0 Å². The van der Waals surface area contributed by atoms with Gasteiger partial charge in [-0.3, -0.25) is 9.59 Å². The quantitative estimate of drug-likeness (QED) is 0.292. The first kappa shape index (κ1) is 26.8. The molecule has 2 aromatic carbocycles. The minimum absolute atomic E-state index is 0.0969. The summed E-state index contributed by atoms with van der Waals surface area (Å²) in [5.41, 5.74) is 2.87. The second-order valence-electron chi connectivity index (χ2n) is 8.40. The van der Waals surface area contributed by atoms with Crippen molar-refractivity contribution in [3.05, 3.63) is 95.6 Å². The number of aromatic nitrogens is 1. The minimum Gasteiger partial charge on any atom is -0.345 e. The Hall–Kier alpha value is -2.83. The Labute approximate surface area is 216 Å². The van der Waals surface area contributed by atoms with E-state index in [1.54, 1.807) is 17.0 Å². The Kier molecular flexibility index (Phi) is 10.2. The van der Waals surface area contributed by atoms with Crippen LogP contribution in [0.2, 0.25) is 0 Å². The molecule has 0 aliphatic rings. The number of nitrogens with zero attached hydrogens (tertiary/aromatic N) is 3. The molecule has 3 aromatic rings. The van der Waals surface area contributed by atoms with E-state index in [-0.39, 0.29) is 18.3 Å². The standard InChI is InChI=1S/C27H30Cl2FN3O2/c1-2-3-15-32(27(35)26(28)29)20-25(34)33(18-21-8-5-4-6-9-21)19-24-10-7-16-31(24)17-22-11-13-23(30)14-12-22/h4-14,16,26H,2-3,15,17-20H2,1H3. The third kappa shape index (κ3) is 8.11. The van der Waals surface area contributed by atoms with Crippen molar-refractivity contribution in [1.82, 2.24) is 14.4 Å². The highest BCUT2D eigenvalue weighted by Crippen LogP contribution is 2.16. The Morgan fingerprint density at radius 2 is 1.63 bits per heavy atom. The minimum atomic E-state index is -1.21. The van der Waals surface area contributed by atoms with E-state index in [9.17, 15) is 14.0 Å². The number of amides is 2. The molecular formula is C27H30Cl2FN3O2. The summed E-state index contributed by atoms with van der Waals surface area (Å²) in [4.78, 5) is 28.0. The normalized spacial score (nSPS) is 11.0. The molecule has 1 aromatic heterocycles. The van der Waals surface area contributed by atoms with Crippen LogP contribution in [-0.2, 0) is 29.2 Å². The predicted molar refractivity (Wildman–Crippen MR) is 138 cm³/mol. The van der Waals surface area contributed by atoms with Crippen LogP contribution in [0.1, 0.15) is 36.6 Å². The molecule has 0 atom stereocenters. The molecule has 0 saturated carbocycles. The number of hydrogen-bond acceptors (Lipinski definition) is 2. The molecule has 0 spiro atoms. The zero-order valence-electron chi connectivity index (χ0n) is 19.7. The van der Waals surface area contributed by atoms with Crippen LogP contribution in [-0.4, -0.2) is 44.1 Å². The van der Waals surface area contributed by atoms with E-state index in [1.807, 2.05) is 60.2 Å². The maximum Gasteiger partial charge on any atom is 0.256 e. The summed E-state index contributed by atoms with van der Waals surface area (Å²) >= 11 is 11.7. The van der Waals surface area contributed by atoms with Crippen LogP contribution in [0.25, 0.3) is 0 Å². The largest absolute Gasteiger partial charge is 0.345 e. The van der Waals surface area contributed by atoms with Gasteiger partial charge in [-0.05, 0) is 41.8 Å². The van der Waals surface area contributed by atoms with Gasteiger partial charge in [-0.15, -0.1) is 0 Å². The van der Waals surface area contributed by atoms with Crippen LogP contribution in [0, 0.1) is 5.82 Å². The number of carbonyl (C=O) groups excluding carboxylic acids is 2. The van der Waals surface area contributed by atoms with Crippen molar-refractivity contribution >= 4 is 35.0 Å². The van der Waals surface area contributed by atoms with Crippen molar-refractivity contribution in [3.63, 3.8) is 0 Å². The lowest BCUT2D eigenvalue weighted by Gasteiger charge is -2.28. The van der Waals surface area contributed by atoms with E-state index >= 15 is 0 Å². The third-order valence-electron chi connectivity index (χ3n) is 5.72. The van der Waals surface area contributed by atoms with Crippen molar-refractivity contribution in [2.45, 2.75) is 44.2 Å². The third-order valence-corrected chi connectivity index (χ3v) is 6.09. The lowest BCUT2D eigenvalue weighted by atomic mass is 10.2. The molecule has 0 radical (unpaired) electrons. The molecule has 35 heavy (non-hydrogen) atoms. The fourth-order valence-electron chi connectivity index (χ4n) is 3.78. The SMILES string of the molecule is CCCCN(CC(=O)N(Cc1ccccc1)Cc1cccn1Cc1ccc(F)cc1)C(=O)C(Cl)Cl. The van der Waals surface area contributed by atoms with Gasteiger partial charge >= 0.3 is 0 Å². The van der Waals surface area contributed by atoms with E-state index in [1.165, 1.54) is 17.0 Å². The summed E-state index contributed by atoms with van der Waals surface area (Å²) in [5.74, 6) is -0.935. The molecule has 3 rings (SSSR count). The van der Waals surface area contributed by atoms with Gasteiger partial charge in [0, 0.05) is 31.5 Å². The summed E-state index contributed by atoms with van der Waals surface area (Å²) in [6.45, 7) is 3.63. The van der Waals surface area contributed by atoms with Crippen molar-refractivity contribution in [1.29, 1.82) is 0 Å². The van der Waals surface area contributed by atoms with Gasteiger partial charge in [-0.2, -0.15) is 0 Å². The van der Waals surface area contributed by atoms with E-state index in [0.717, 1.165) is 29.7 Å². The molecule has 1 heterocycles. The lowest BCUT2D eigenvalue weighted by molar-refractivity contribution is -0.140. The van der Waals surface area contributed by atoms with Crippen molar-refractivity contribution in [2.75, 3.05) is 13.1 Å². The second-order valence-corrected chi connectivity index (χ2v) is 9.50. The number of carbonyl (C=O) groups is 2. The number of alkyl halides is 2. The predicted octanol–water partition coefficient (Wildman–Crippen LogP) is 5.64. The smallest absolute Gasteiger partial charge is 0.256 e. The Morgan fingerprint density at radius 3 is 2.29 bits per heavy atom. The van der Waals surface area contributed by atoms with Gasteiger partial charge in [0.25, 0.3) is 5.91 Å². The maximum atomic E-state index is 13.5. The zero-order valence-corrected chi connectivity index (χ0v) is 21.3. The van der Waals surface area contributed by atoms with Crippen LogP contribution >= 0.6 is 23.2 Å². The summed E-state index contributed by atoms with van der Waals surface area (Å²) in [5, 5.41) is 0. The zero-order chi connectivity index (χ0) is 25.2. The van der Waals surface area contributed by atoms with Crippen LogP contribution in [0.4, 0.5) is 4.39 Å². The van der Waals surface area contributed by atoms with Gasteiger partial charge in [0.15, 0.2) is 4.84 Å². The molecule has 2 amide bonds. The van der Waals surface area contributed by atoms with E-state index < -0.39 is 10.7 Å². The lowest BCUT2D eigenvalue weighted by Crippen LogP contribution is -2.44. The van der Waals surface area contributed by atoms with Gasteiger partial charge in [0.2, 0.25) is 5.91 Å². The summed E-state index contributed by atoms with van der Waals surface area (Å²) < 4.78 is 15.3. The fourth-order valence-corrected chi connectivity index (χ4v) is 4.06. The number of hydrogen-bond donors (Lipinski definition) is 0. The first-order chi connectivity index (χ1) is 16.9.